The number of aliphatic carboxylic acids is 1. The van der Waals surface area contributed by atoms with E-state index in [0.717, 1.165) is 4.31 Å². The average molecular weight is 251 g/mol. The average Bonchev–Trinajstić information content (AvgIpc) is 2.66. The highest BCUT2D eigenvalue weighted by Gasteiger charge is 2.38. The van der Waals surface area contributed by atoms with Crippen LogP contribution >= 0.6 is 0 Å². The number of ether oxygens (including phenoxy) is 1. The Morgan fingerprint density at radius 1 is 1.56 bits per heavy atom. The van der Waals surface area contributed by atoms with Gasteiger partial charge in [-0.2, -0.15) is 4.31 Å². The predicted octanol–water partition coefficient (Wildman–Crippen LogP) is -0.0983. The van der Waals surface area contributed by atoms with E-state index in [4.69, 9.17) is 9.84 Å². The Hall–Kier alpha value is -0.660. The molecule has 0 aromatic rings. The van der Waals surface area contributed by atoms with Crippen molar-refractivity contribution < 1.29 is 23.1 Å². The third kappa shape index (κ3) is 3.16. The van der Waals surface area contributed by atoms with Crippen molar-refractivity contribution in [3.63, 3.8) is 0 Å². The number of hydrogen-bond donors (Lipinski definition) is 1. The first-order valence-electron chi connectivity index (χ1n) is 5.29. The van der Waals surface area contributed by atoms with Gasteiger partial charge in [0.15, 0.2) is 0 Å². The van der Waals surface area contributed by atoms with Gasteiger partial charge in [-0.3, -0.25) is 4.79 Å². The molecule has 6 nitrogen and oxygen atoms in total. The normalized spacial score (nSPS) is 22.4. The van der Waals surface area contributed by atoms with Crippen LogP contribution in [-0.4, -0.2) is 55.4 Å². The lowest BCUT2D eigenvalue weighted by Gasteiger charge is -2.20. The van der Waals surface area contributed by atoms with Crippen LogP contribution in [0.25, 0.3) is 0 Å². The van der Waals surface area contributed by atoms with Crippen molar-refractivity contribution in [3.8, 4) is 0 Å². The van der Waals surface area contributed by atoms with Gasteiger partial charge in [0.05, 0.1) is 12.4 Å². The van der Waals surface area contributed by atoms with Crippen LogP contribution in [0.4, 0.5) is 0 Å². The molecule has 94 valence electrons. The molecule has 0 aliphatic carbocycles. The number of carboxylic acid groups (broad SMARTS) is 1. The first kappa shape index (κ1) is 13.4. The van der Waals surface area contributed by atoms with Gasteiger partial charge < -0.3 is 9.84 Å². The first-order chi connectivity index (χ1) is 7.49. The SMILES string of the molecule is CCOCCS(=O)(=O)N1CCC[C@H]1C(=O)O. The highest BCUT2D eigenvalue weighted by Crippen LogP contribution is 2.21. The Kier molecular flexibility index (Phi) is 4.69. The Bertz CT molecular complexity index is 340. The van der Waals surface area contributed by atoms with Crippen LogP contribution in [0.3, 0.4) is 0 Å². The molecule has 7 heteroatoms. The molecule has 0 bridgehead atoms. The predicted molar refractivity (Wildman–Crippen MR) is 57.6 cm³/mol. The van der Waals surface area contributed by atoms with Crippen LogP contribution in [-0.2, 0) is 19.6 Å². The zero-order valence-electron chi connectivity index (χ0n) is 9.26. The molecular formula is C9H17NO5S. The molecule has 1 heterocycles. The van der Waals surface area contributed by atoms with E-state index >= 15 is 0 Å². The third-order valence-electron chi connectivity index (χ3n) is 2.54. The van der Waals surface area contributed by atoms with Crippen LogP contribution in [0.15, 0.2) is 0 Å². The zero-order valence-corrected chi connectivity index (χ0v) is 10.1. The summed E-state index contributed by atoms with van der Waals surface area (Å²) >= 11 is 0. The third-order valence-corrected chi connectivity index (χ3v) is 4.37. The molecule has 0 aromatic carbocycles. The monoisotopic (exact) mass is 251 g/mol. The fourth-order valence-corrected chi connectivity index (χ4v) is 3.30. The summed E-state index contributed by atoms with van der Waals surface area (Å²) in [6, 6.07) is -0.897. The van der Waals surface area contributed by atoms with Crippen LogP contribution in [0.5, 0.6) is 0 Å². The van der Waals surface area contributed by atoms with Gasteiger partial charge in [0.2, 0.25) is 10.0 Å². The van der Waals surface area contributed by atoms with E-state index in [-0.39, 0.29) is 12.4 Å². The van der Waals surface area contributed by atoms with Gasteiger partial charge >= 0.3 is 5.97 Å². The maximum Gasteiger partial charge on any atom is 0.322 e. The summed E-state index contributed by atoms with van der Waals surface area (Å²) in [6.07, 6.45) is 0.994. The summed E-state index contributed by atoms with van der Waals surface area (Å²) in [7, 11) is -3.50. The van der Waals surface area contributed by atoms with Crippen LogP contribution < -0.4 is 0 Å². The van der Waals surface area contributed by atoms with Crippen molar-refractivity contribution >= 4 is 16.0 Å². The van der Waals surface area contributed by atoms with Crippen LogP contribution in [0.2, 0.25) is 0 Å². The molecule has 0 radical (unpaired) electrons. The molecule has 0 spiro atoms. The number of sulfonamides is 1. The molecule has 0 aromatic heterocycles. The van der Waals surface area contributed by atoms with E-state index < -0.39 is 22.0 Å². The van der Waals surface area contributed by atoms with Crippen LogP contribution in [0, 0.1) is 0 Å². The molecule has 16 heavy (non-hydrogen) atoms. The lowest BCUT2D eigenvalue weighted by molar-refractivity contribution is -0.140. The van der Waals surface area contributed by atoms with E-state index in [9.17, 15) is 13.2 Å². The highest BCUT2D eigenvalue weighted by atomic mass is 32.2. The summed E-state index contributed by atoms with van der Waals surface area (Å²) < 4.78 is 29.7. The van der Waals surface area contributed by atoms with Gasteiger partial charge in [-0.25, -0.2) is 8.42 Å². The van der Waals surface area contributed by atoms with Crippen molar-refractivity contribution in [1.82, 2.24) is 4.31 Å². The van der Waals surface area contributed by atoms with Gasteiger partial charge in [0, 0.05) is 13.2 Å². The van der Waals surface area contributed by atoms with Crippen molar-refractivity contribution in [2.24, 2.45) is 0 Å². The Balaban J connectivity index is 2.63. The fraction of sp³-hybridized carbons (Fsp3) is 0.889. The highest BCUT2D eigenvalue weighted by molar-refractivity contribution is 7.89. The molecule has 1 N–H and O–H groups in total. The number of carboxylic acids is 1. The van der Waals surface area contributed by atoms with Crippen molar-refractivity contribution in [1.29, 1.82) is 0 Å². The summed E-state index contributed by atoms with van der Waals surface area (Å²) in [5.41, 5.74) is 0. The van der Waals surface area contributed by atoms with Crippen molar-refractivity contribution in [3.05, 3.63) is 0 Å². The minimum absolute atomic E-state index is 0.113. The second-order valence-corrected chi connectivity index (χ2v) is 5.66. The minimum Gasteiger partial charge on any atom is -0.480 e. The molecule has 1 rings (SSSR count). The number of nitrogens with zero attached hydrogens (tertiary/aromatic N) is 1. The summed E-state index contributed by atoms with van der Waals surface area (Å²) in [4.78, 5) is 10.9. The summed E-state index contributed by atoms with van der Waals surface area (Å²) in [5.74, 6) is -1.22. The molecule has 1 saturated heterocycles. The summed E-state index contributed by atoms with van der Waals surface area (Å²) in [5, 5.41) is 8.88. The lowest BCUT2D eigenvalue weighted by Crippen LogP contribution is -2.42. The molecule has 0 unspecified atom stereocenters. The molecule has 1 atom stereocenters. The maximum absolute atomic E-state index is 11.8. The molecule has 1 fully saturated rings. The van der Waals surface area contributed by atoms with E-state index in [1.54, 1.807) is 6.92 Å². The smallest absolute Gasteiger partial charge is 0.322 e. The van der Waals surface area contributed by atoms with E-state index in [1.807, 2.05) is 0 Å². The Labute approximate surface area is 95.2 Å². The number of hydrogen-bond acceptors (Lipinski definition) is 4. The van der Waals surface area contributed by atoms with E-state index in [1.165, 1.54) is 0 Å². The largest absolute Gasteiger partial charge is 0.480 e. The standard InChI is InChI=1S/C9H17NO5S/c1-2-15-6-7-16(13,14)10-5-3-4-8(10)9(11)12/h8H,2-7H2,1H3,(H,11,12)/t8-/m0/s1. The molecule has 0 amide bonds. The molecule has 0 saturated carbocycles. The van der Waals surface area contributed by atoms with Gasteiger partial charge in [-0.1, -0.05) is 0 Å². The molecule has 1 aliphatic heterocycles. The minimum atomic E-state index is -3.50. The van der Waals surface area contributed by atoms with Gasteiger partial charge in [-0.15, -0.1) is 0 Å². The van der Waals surface area contributed by atoms with Crippen LogP contribution in [0.1, 0.15) is 19.8 Å². The van der Waals surface area contributed by atoms with Gasteiger partial charge in [0.1, 0.15) is 6.04 Å². The second kappa shape index (κ2) is 5.60. The Morgan fingerprint density at radius 2 is 2.25 bits per heavy atom. The van der Waals surface area contributed by atoms with E-state index in [2.05, 4.69) is 0 Å². The first-order valence-corrected chi connectivity index (χ1v) is 6.90. The topological polar surface area (TPSA) is 83.9 Å². The maximum atomic E-state index is 11.8. The lowest BCUT2D eigenvalue weighted by atomic mass is 10.2. The summed E-state index contributed by atoms with van der Waals surface area (Å²) in [6.45, 7) is 2.65. The molecule has 1 aliphatic rings. The van der Waals surface area contributed by atoms with Gasteiger partial charge in [0.25, 0.3) is 0 Å². The Morgan fingerprint density at radius 3 is 2.81 bits per heavy atom. The van der Waals surface area contributed by atoms with Gasteiger partial charge in [-0.05, 0) is 19.8 Å². The second-order valence-electron chi connectivity index (χ2n) is 3.62. The quantitative estimate of drug-likeness (QED) is 0.666. The molecular weight excluding hydrogens is 234 g/mol. The van der Waals surface area contributed by atoms with E-state index in [0.29, 0.717) is 26.0 Å². The number of rotatable bonds is 6. The number of carbonyl (C=O) groups is 1. The zero-order chi connectivity index (χ0) is 12.2. The fourth-order valence-electron chi connectivity index (χ4n) is 1.75. The van der Waals surface area contributed by atoms with Crippen molar-refractivity contribution in [2.75, 3.05) is 25.5 Å². The van der Waals surface area contributed by atoms with Crippen molar-refractivity contribution in [2.45, 2.75) is 25.8 Å².